The van der Waals surface area contributed by atoms with E-state index in [0.29, 0.717) is 0 Å². The van der Waals surface area contributed by atoms with Crippen molar-refractivity contribution in [2.75, 3.05) is 7.05 Å². The van der Waals surface area contributed by atoms with Crippen LogP contribution < -0.4 is 5.32 Å². The second-order valence-corrected chi connectivity index (χ2v) is 1.06. The van der Waals surface area contributed by atoms with Crippen LogP contribution in [0.15, 0.2) is 12.0 Å². The molecule has 0 rings (SSSR count). The van der Waals surface area contributed by atoms with Crippen molar-refractivity contribution in [3.63, 3.8) is 0 Å². The highest BCUT2D eigenvalue weighted by Gasteiger charge is 1.71. The number of nitrogens with one attached hydrogen (secondary N) is 1. The van der Waals surface area contributed by atoms with Crippen LogP contribution in [-0.2, 0) is 0 Å². The van der Waals surface area contributed by atoms with E-state index in [1.807, 2.05) is 0 Å². The smallest absolute Gasteiger partial charge is 0.0977 e. The lowest BCUT2D eigenvalue weighted by atomic mass is 10.6. The Balaban J connectivity index is 3.22. The molecule has 0 unspecified atom stereocenters. The molecule has 0 aliphatic rings. The van der Waals surface area contributed by atoms with E-state index in [-0.39, 0.29) is 0 Å². The molecular formula is C4H9NO. The highest BCUT2D eigenvalue weighted by Crippen LogP contribution is 1.75. The molecule has 0 aliphatic carbocycles. The van der Waals surface area contributed by atoms with Gasteiger partial charge in [0, 0.05) is 12.7 Å². The maximum absolute atomic E-state index is 8.11. The summed E-state index contributed by atoms with van der Waals surface area (Å²) in [6.07, 6.45) is 1.03. The molecule has 6 heavy (non-hydrogen) atoms. The monoisotopic (exact) mass is 87.1 g/mol. The van der Waals surface area contributed by atoms with Crippen molar-refractivity contribution in [2.24, 2.45) is 0 Å². The molecule has 0 saturated carbocycles. The summed E-state index contributed by atoms with van der Waals surface area (Å²) in [5.41, 5.74) is 0.773. The zero-order chi connectivity index (χ0) is 4.99. The van der Waals surface area contributed by atoms with Gasteiger partial charge in [0.15, 0.2) is 0 Å². The van der Waals surface area contributed by atoms with Gasteiger partial charge in [0.1, 0.15) is 0 Å². The van der Waals surface area contributed by atoms with Gasteiger partial charge in [0.25, 0.3) is 0 Å². The largest absolute Gasteiger partial charge is 0.514 e. The molecule has 0 radical (unpaired) electrons. The molecule has 0 atom stereocenters. The molecule has 0 aromatic heterocycles. The molecule has 0 saturated heterocycles. The zero-order valence-electron chi connectivity index (χ0n) is 4.02. The van der Waals surface area contributed by atoms with Crippen molar-refractivity contribution < 1.29 is 5.11 Å². The van der Waals surface area contributed by atoms with Crippen LogP contribution >= 0.6 is 0 Å². The third-order valence-electron chi connectivity index (χ3n) is 0.588. The maximum Gasteiger partial charge on any atom is 0.0977 e. The van der Waals surface area contributed by atoms with E-state index < -0.39 is 0 Å². The number of aliphatic hydroxyl groups excluding tert-OH is 1. The van der Waals surface area contributed by atoms with E-state index in [9.17, 15) is 0 Å². The summed E-state index contributed by atoms with van der Waals surface area (Å²) in [5.74, 6) is 0. The van der Waals surface area contributed by atoms with Gasteiger partial charge in [0.05, 0.1) is 6.26 Å². The molecule has 2 heteroatoms. The molecular weight excluding hydrogens is 78.0 g/mol. The lowest BCUT2D eigenvalue weighted by molar-refractivity contribution is 0.463. The summed E-state index contributed by atoms with van der Waals surface area (Å²) in [4.78, 5) is 0. The van der Waals surface area contributed by atoms with Crippen molar-refractivity contribution in [3.8, 4) is 0 Å². The summed E-state index contributed by atoms with van der Waals surface area (Å²) in [6, 6.07) is 0. The fraction of sp³-hybridized carbons (Fsp3) is 0.500. The number of hydrogen-bond acceptors (Lipinski definition) is 2. The average Bonchev–Trinajstić information content (AvgIpc) is 1.65. The fourth-order valence-corrected chi connectivity index (χ4v) is 0.0645. The number of aliphatic hydroxyl groups is 1. The zero-order valence-corrected chi connectivity index (χ0v) is 4.02. The van der Waals surface area contributed by atoms with Crippen molar-refractivity contribution in [1.82, 2.24) is 5.32 Å². The van der Waals surface area contributed by atoms with Crippen LogP contribution in [0.25, 0.3) is 0 Å². The Morgan fingerprint density at radius 1 is 1.83 bits per heavy atom. The minimum atomic E-state index is 0.773. The van der Waals surface area contributed by atoms with Crippen molar-refractivity contribution in [1.29, 1.82) is 0 Å². The van der Waals surface area contributed by atoms with Crippen LogP contribution in [-0.4, -0.2) is 12.2 Å². The summed E-state index contributed by atoms with van der Waals surface area (Å²) in [7, 11) is 1.75. The normalized spacial score (nSPS) is 11.3. The molecule has 2 nitrogen and oxygen atoms in total. The number of allylic oxidation sites excluding steroid dienone is 1. The third-order valence-corrected chi connectivity index (χ3v) is 0.588. The van der Waals surface area contributed by atoms with E-state index in [4.69, 9.17) is 5.11 Å². The topological polar surface area (TPSA) is 32.3 Å². The Hall–Kier alpha value is -0.660. The van der Waals surface area contributed by atoms with E-state index in [1.54, 1.807) is 14.0 Å². The standard InChI is InChI=1S/C4H9NO/c1-4(3-6)5-2/h3,5-6H,1-2H3/b4-3-. The third kappa shape index (κ3) is 1.64. The molecule has 0 aromatic carbocycles. The highest BCUT2D eigenvalue weighted by atomic mass is 16.2. The lowest BCUT2D eigenvalue weighted by Gasteiger charge is -1.90. The average molecular weight is 87.1 g/mol. The Kier molecular flexibility index (Phi) is 2.29. The predicted octanol–water partition coefficient (Wildman–Crippen LogP) is 0.625. The minimum Gasteiger partial charge on any atom is -0.514 e. The van der Waals surface area contributed by atoms with Crippen LogP contribution in [0.3, 0.4) is 0 Å². The van der Waals surface area contributed by atoms with Gasteiger partial charge in [-0.1, -0.05) is 0 Å². The molecule has 0 fully saturated rings. The molecule has 0 heterocycles. The van der Waals surface area contributed by atoms with E-state index in [0.717, 1.165) is 12.0 Å². The van der Waals surface area contributed by atoms with Crippen LogP contribution in [0.4, 0.5) is 0 Å². The molecule has 0 spiro atoms. The van der Waals surface area contributed by atoms with E-state index in [2.05, 4.69) is 5.32 Å². The summed E-state index contributed by atoms with van der Waals surface area (Å²) in [6.45, 7) is 1.78. The van der Waals surface area contributed by atoms with Crippen molar-refractivity contribution in [2.45, 2.75) is 6.92 Å². The van der Waals surface area contributed by atoms with Gasteiger partial charge in [-0.25, -0.2) is 0 Å². The van der Waals surface area contributed by atoms with Crippen molar-refractivity contribution in [3.05, 3.63) is 12.0 Å². The summed E-state index contributed by atoms with van der Waals surface area (Å²) in [5, 5.41) is 10.8. The summed E-state index contributed by atoms with van der Waals surface area (Å²) >= 11 is 0. The Bertz CT molecular complexity index is 58.6. The van der Waals surface area contributed by atoms with Crippen LogP contribution in [0.2, 0.25) is 0 Å². The first-order valence-electron chi connectivity index (χ1n) is 1.80. The van der Waals surface area contributed by atoms with Gasteiger partial charge in [-0.2, -0.15) is 0 Å². The van der Waals surface area contributed by atoms with Gasteiger partial charge in [-0.15, -0.1) is 0 Å². The Labute approximate surface area is 37.5 Å². The summed E-state index contributed by atoms with van der Waals surface area (Å²) < 4.78 is 0. The molecule has 0 aromatic rings. The van der Waals surface area contributed by atoms with Gasteiger partial charge in [-0.3, -0.25) is 0 Å². The Morgan fingerprint density at radius 3 is 2.33 bits per heavy atom. The van der Waals surface area contributed by atoms with Gasteiger partial charge < -0.3 is 10.4 Å². The lowest BCUT2D eigenvalue weighted by Crippen LogP contribution is -2.00. The SMILES string of the molecule is CN/C(C)=C\O. The molecule has 0 bridgehead atoms. The second kappa shape index (κ2) is 2.57. The second-order valence-electron chi connectivity index (χ2n) is 1.06. The molecule has 0 aliphatic heterocycles. The van der Waals surface area contributed by atoms with Gasteiger partial charge in [-0.05, 0) is 6.92 Å². The molecule has 36 valence electrons. The van der Waals surface area contributed by atoms with Crippen molar-refractivity contribution >= 4 is 0 Å². The number of hydrogen-bond donors (Lipinski definition) is 2. The molecule has 2 N–H and O–H groups in total. The predicted molar refractivity (Wildman–Crippen MR) is 25.4 cm³/mol. The first-order chi connectivity index (χ1) is 2.81. The number of rotatable bonds is 1. The van der Waals surface area contributed by atoms with Crippen LogP contribution in [0.1, 0.15) is 6.92 Å². The van der Waals surface area contributed by atoms with E-state index in [1.165, 1.54) is 0 Å². The minimum absolute atomic E-state index is 0.773. The first-order valence-corrected chi connectivity index (χ1v) is 1.80. The van der Waals surface area contributed by atoms with Gasteiger partial charge >= 0.3 is 0 Å². The molecule has 0 amide bonds. The Morgan fingerprint density at radius 2 is 2.33 bits per heavy atom. The van der Waals surface area contributed by atoms with Gasteiger partial charge in [0.2, 0.25) is 0 Å². The maximum atomic E-state index is 8.11. The van der Waals surface area contributed by atoms with E-state index >= 15 is 0 Å². The van der Waals surface area contributed by atoms with Crippen LogP contribution in [0.5, 0.6) is 0 Å². The van der Waals surface area contributed by atoms with Crippen LogP contribution in [0, 0.1) is 0 Å². The fourth-order valence-electron chi connectivity index (χ4n) is 0.0645. The first kappa shape index (κ1) is 5.34. The highest BCUT2D eigenvalue weighted by molar-refractivity contribution is 4.85. The quantitative estimate of drug-likeness (QED) is 0.459.